The Balaban J connectivity index is 1.24. The maximum atomic E-state index is 2.83. The molecule has 0 unspecified atom stereocenters. The average Bonchev–Trinajstić information content (AvgIpc) is 3.64. The lowest BCUT2D eigenvalue weighted by atomic mass is 9.43. The minimum absolute atomic E-state index is 0.0405. The topological polar surface area (TPSA) is 6.48 Å². The van der Waals surface area contributed by atoms with Gasteiger partial charge in [-0.15, -0.1) is 11.3 Å². The van der Waals surface area contributed by atoms with Crippen molar-refractivity contribution in [3.05, 3.63) is 136 Å². The summed E-state index contributed by atoms with van der Waals surface area (Å²) in [5.74, 6) is 0. The Morgan fingerprint density at radius 3 is 1.65 bits per heavy atom. The van der Waals surface area contributed by atoms with Crippen LogP contribution in [0.3, 0.4) is 0 Å². The van der Waals surface area contributed by atoms with E-state index >= 15 is 0 Å². The van der Waals surface area contributed by atoms with Gasteiger partial charge in [0.15, 0.2) is 0 Å². The lowest BCUT2D eigenvalue weighted by Crippen LogP contribution is -2.62. The van der Waals surface area contributed by atoms with Gasteiger partial charge in [-0.1, -0.05) is 126 Å². The number of benzene rings is 6. The smallest absolute Gasteiger partial charge is 0.333 e. The molecule has 0 saturated heterocycles. The van der Waals surface area contributed by atoms with Crippen molar-refractivity contribution in [3.8, 4) is 11.1 Å². The van der Waals surface area contributed by atoms with Gasteiger partial charge in [0.1, 0.15) is 0 Å². The van der Waals surface area contributed by atoms with E-state index < -0.39 is 0 Å². The van der Waals surface area contributed by atoms with Crippen LogP contribution >= 0.6 is 11.3 Å². The zero-order valence-corrected chi connectivity index (χ0v) is 43.1. The number of anilines is 5. The molecule has 0 spiro atoms. The summed E-state index contributed by atoms with van der Waals surface area (Å²) < 4.78 is 2.70. The van der Waals surface area contributed by atoms with Crippen molar-refractivity contribution >= 4 is 77.7 Å². The minimum atomic E-state index is -0.0405. The van der Waals surface area contributed by atoms with Crippen LogP contribution in [0.2, 0.25) is 0 Å². The molecule has 0 atom stereocenters. The molecule has 66 heavy (non-hydrogen) atoms. The first-order chi connectivity index (χ1) is 31.0. The SMILES string of the molecule is Cc1cc2c3c(c1)N(c1cc4c(cc1C)C(C)(C)CCC4(C)C)c1c(ccc4sc5ccccc5c14)B3N(c1ccc3c(c1)C(C)(C)CCC3(C)C)c1cc3c(cc1-2)C(C)(C)CCC3(C)C. The fourth-order valence-electron chi connectivity index (χ4n) is 13.7. The van der Waals surface area contributed by atoms with Crippen molar-refractivity contribution in [1.29, 1.82) is 0 Å². The molecule has 1 aromatic heterocycles. The monoisotopic (exact) mass is 885 g/mol. The van der Waals surface area contributed by atoms with Gasteiger partial charge in [0.05, 0.1) is 5.69 Å². The first-order valence-electron chi connectivity index (χ1n) is 25.2. The van der Waals surface area contributed by atoms with Crippen LogP contribution in [0.25, 0.3) is 31.3 Å². The molecular formula is C62H69BN2S. The average molecular weight is 885 g/mol. The summed E-state index contributed by atoms with van der Waals surface area (Å²) in [7, 11) is 0. The summed E-state index contributed by atoms with van der Waals surface area (Å²) >= 11 is 1.94. The van der Waals surface area contributed by atoms with Crippen molar-refractivity contribution in [2.24, 2.45) is 0 Å². The predicted octanol–water partition coefficient (Wildman–Crippen LogP) is 16.4. The molecule has 0 amide bonds. The van der Waals surface area contributed by atoms with Gasteiger partial charge >= 0.3 is 6.85 Å². The summed E-state index contributed by atoms with van der Waals surface area (Å²) in [6.07, 6.45) is 7.17. The van der Waals surface area contributed by atoms with Crippen LogP contribution in [0.5, 0.6) is 0 Å². The van der Waals surface area contributed by atoms with Crippen LogP contribution < -0.4 is 20.6 Å². The van der Waals surface area contributed by atoms with Crippen LogP contribution in [0.4, 0.5) is 28.4 Å². The van der Waals surface area contributed by atoms with Crippen molar-refractivity contribution in [2.75, 3.05) is 9.71 Å². The number of nitrogens with zero attached hydrogens (tertiary/aromatic N) is 2. The highest BCUT2D eigenvalue weighted by molar-refractivity contribution is 7.26. The molecular weight excluding hydrogens is 816 g/mol. The highest BCUT2D eigenvalue weighted by Gasteiger charge is 2.49. The molecule has 0 radical (unpaired) electrons. The van der Waals surface area contributed by atoms with Crippen LogP contribution in [0.1, 0.15) is 166 Å². The molecule has 4 heteroatoms. The zero-order chi connectivity index (χ0) is 46.4. The number of hydrogen-bond donors (Lipinski definition) is 0. The lowest BCUT2D eigenvalue weighted by Gasteiger charge is -2.49. The number of thiophene rings is 1. The van der Waals surface area contributed by atoms with E-state index in [1.807, 2.05) is 11.3 Å². The molecule has 7 aromatic rings. The molecule has 0 fully saturated rings. The molecule has 0 saturated carbocycles. The number of aryl methyl sites for hydroxylation is 2. The van der Waals surface area contributed by atoms with Crippen LogP contribution in [0, 0.1) is 13.8 Å². The van der Waals surface area contributed by atoms with Gasteiger partial charge in [-0.2, -0.15) is 0 Å². The molecule has 2 aliphatic heterocycles. The molecule has 12 rings (SSSR count). The molecule has 336 valence electrons. The van der Waals surface area contributed by atoms with Gasteiger partial charge in [0.25, 0.3) is 0 Å². The Hall–Kier alpha value is -4.80. The van der Waals surface area contributed by atoms with Crippen molar-refractivity contribution in [2.45, 2.75) is 168 Å². The second-order valence-corrected chi connectivity index (χ2v) is 26.5. The maximum Gasteiger partial charge on any atom is 0.333 e. The molecule has 3 heterocycles. The van der Waals surface area contributed by atoms with Gasteiger partial charge < -0.3 is 9.71 Å². The minimum Gasteiger partial charge on any atom is -0.376 e. The lowest BCUT2D eigenvalue weighted by molar-refractivity contribution is 0.332. The van der Waals surface area contributed by atoms with E-state index in [9.17, 15) is 0 Å². The van der Waals surface area contributed by atoms with E-state index in [0.29, 0.717) is 0 Å². The quantitative estimate of drug-likeness (QED) is 0.160. The third-order valence-electron chi connectivity index (χ3n) is 18.2. The fourth-order valence-corrected chi connectivity index (χ4v) is 14.8. The zero-order valence-electron chi connectivity index (χ0n) is 42.3. The fraction of sp³-hybridized carbons (Fsp3) is 0.419. The second-order valence-electron chi connectivity index (χ2n) is 25.5. The number of rotatable bonds is 2. The maximum absolute atomic E-state index is 2.83. The summed E-state index contributed by atoms with van der Waals surface area (Å²) in [5.41, 5.74) is 24.6. The van der Waals surface area contributed by atoms with Gasteiger partial charge in [-0.3, -0.25) is 0 Å². The highest BCUT2D eigenvalue weighted by atomic mass is 32.1. The predicted molar refractivity (Wildman–Crippen MR) is 288 cm³/mol. The Kier molecular flexibility index (Phi) is 8.68. The Labute approximate surface area is 399 Å². The third kappa shape index (κ3) is 5.85. The summed E-state index contributed by atoms with van der Waals surface area (Å²) in [6, 6.07) is 37.5. The van der Waals surface area contributed by atoms with Crippen LogP contribution in [-0.2, 0) is 32.5 Å². The standard InChI is InChI=1S/C62H69BN2S/c1-36-29-41-40-33-45-47(62(13,14)28-26-60(45,9)10)35-50(40)65(38-19-20-42-44(32-38)59(7,8)24-23-57(42,3)4)63-48-21-22-53-54(39-17-15-16-18-52(39)66-53)56(48)64(51(30-36)55(41)63)49-34-46-43(31-37(49)2)58(5,6)25-27-61(46,11)12/h15-22,29-35H,23-28H2,1-14H3. The highest BCUT2D eigenvalue weighted by Crippen LogP contribution is 2.57. The molecule has 0 bridgehead atoms. The van der Waals surface area contributed by atoms with E-state index in [4.69, 9.17) is 0 Å². The van der Waals surface area contributed by atoms with E-state index in [0.717, 1.165) is 0 Å². The van der Waals surface area contributed by atoms with Gasteiger partial charge in [-0.25, -0.2) is 0 Å². The van der Waals surface area contributed by atoms with Gasteiger partial charge in [0, 0.05) is 48.5 Å². The summed E-state index contributed by atoms with van der Waals surface area (Å²) in [4.78, 5) is 5.59. The van der Waals surface area contributed by atoms with Gasteiger partial charge in [0.2, 0.25) is 0 Å². The first-order valence-corrected chi connectivity index (χ1v) is 26.0. The molecule has 6 aromatic carbocycles. The van der Waals surface area contributed by atoms with E-state index in [-0.39, 0.29) is 39.3 Å². The Morgan fingerprint density at radius 1 is 0.470 bits per heavy atom. The van der Waals surface area contributed by atoms with Crippen LogP contribution in [-0.4, -0.2) is 6.85 Å². The number of hydrogen-bond acceptors (Lipinski definition) is 3. The Morgan fingerprint density at radius 2 is 1.02 bits per heavy atom. The van der Waals surface area contributed by atoms with Crippen LogP contribution in [0.15, 0.2) is 91.0 Å². The third-order valence-corrected chi connectivity index (χ3v) is 19.3. The second kappa shape index (κ2) is 13.5. The molecule has 5 aliphatic rings. The largest absolute Gasteiger partial charge is 0.376 e. The van der Waals surface area contributed by atoms with Crippen molar-refractivity contribution < 1.29 is 0 Å². The van der Waals surface area contributed by atoms with Crippen molar-refractivity contribution in [1.82, 2.24) is 0 Å². The summed E-state index contributed by atoms with van der Waals surface area (Å²) in [5, 5.41) is 2.73. The van der Waals surface area contributed by atoms with E-state index in [1.54, 1.807) is 0 Å². The number of fused-ring (bicyclic) bond motifs is 11. The molecule has 0 N–H and O–H groups in total. The molecule has 3 aliphatic carbocycles. The molecule has 2 nitrogen and oxygen atoms in total. The first kappa shape index (κ1) is 42.6. The van der Waals surface area contributed by atoms with Crippen molar-refractivity contribution in [3.63, 3.8) is 0 Å². The van der Waals surface area contributed by atoms with E-state index in [1.165, 1.54) is 154 Å². The summed E-state index contributed by atoms with van der Waals surface area (Å²) in [6.45, 7) is 34.5. The van der Waals surface area contributed by atoms with E-state index in [2.05, 4.69) is 198 Å². The Bertz CT molecular complexity index is 3260. The van der Waals surface area contributed by atoms with Gasteiger partial charge in [-0.05, 0) is 194 Å². The normalized spacial score (nSPS) is 20.8.